The van der Waals surface area contributed by atoms with Crippen LogP contribution in [0.25, 0.3) is 11.8 Å². The first-order valence-electron chi connectivity index (χ1n) is 9.48. The summed E-state index contributed by atoms with van der Waals surface area (Å²) in [6, 6.07) is 15.5. The predicted octanol–water partition coefficient (Wildman–Crippen LogP) is 6.31. The number of carbonyl (C=O) groups excluding carboxylic acids is 1. The van der Waals surface area contributed by atoms with E-state index >= 15 is 0 Å². The van der Waals surface area contributed by atoms with Crippen LogP contribution >= 0.6 is 35.0 Å². The van der Waals surface area contributed by atoms with E-state index in [4.69, 9.17) is 23.2 Å². The van der Waals surface area contributed by atoms with E-state index in [1.54, 1.807) is 0 Å². The summed E-state index contributed by atoms with van der Waals surface area (Å²) in [4.78, 5) is 13.2. The largest absolute Gasteiger partial charge is 0.356 e. The van der Waals surface area contributed by atoms with E-state index < -0.39 is 0 Å². The van der Waals surface area contributed by atoms with E-state index in [9.17, 15) is 4.79 Å². The fraction of sp³-hybridized carbons (Fsp3) is 0.174. The first kappa shape index (κ1) is 20.9. The first-order chi connectivity index (χ1) is 14.3. The molecule has 1 unspecified atom stereocenters. The van der Waals surface area contributed by atoms with Gasteiger partial charge in [0.05, 0.1) is 4.91 Å². The summed E-state index contributed by atoms with van der Waals surface area (Å²) in [7, 11) is 0. The molecular formula is C23H21Cl2N3OS. The standard InChI is InChI=1S/C23H21Cl2N3OS/c1-13-7-8-18(25)12-20(13)26-23-27-22(29)21(30-23)10-16-9-14(2)28(15(16)3)19-6-4-5-17(24)11-19/h4-12,23,26H,1-3H3,(H,27,29)/b21-10-. The smallest absolute Gasteiger partial charge is 0.260 e. The quantitative estimate of drug-likeness (QED) is 0.451. The van der Waals surface area contributed by atoms with Crippen LogP contribution in [0.4, 0.5) is 5.69 Å². The van der Waals surface area contributed by atoms with Crippen LogP contribution in [0.3, 0.4) is 0 Å². The Morgan fingerprint density at radius 1 is 1.07 bits per heavy atom. The molecule has 3 aromatic rings. The molecule has 1 saturated heterocycles. The summed E-state index contributed by atoms with van der Waals surface area (Å²) in [5.41, 5.74) is 5.85. The number of nitrogens with zero attached hydrogens (tertiary/aromatic N) is 1. The van der Waals surface area contributed by atoms with Crippen LogP contribution in [0.2, 0.25) is 10.0 Å². The number of hydrogen-bond donors (Lipinski definition) is 2. The molecule has 1 amide bonds. The van der Waals surface area contributed by atoms with Crippen LogP contribution in [0.5, 0.6) is 0 Å². The number of aromatic nitrogens is 1. The summed E-state index contributed by atoms with van der Waals surface area (Å²) >= 11 is 13.7. The molecule has 1 atom stereocenters. The normalized spacial score (nSPS) is 17.4. The van der Waals surface area contributed by atoms with Crippen molar-refractivity contribution in [3.05, 3.63) is 86.0 Å². The second kappa shape index (κ2) is 8.42. The van der Waals surface area contributed by atoms with Gasteiger partial charge in [-0.25, -0.2) is 0 Å². The number of benzene rings is 2. The minimum atomic E-state index is -0.252. The highest BCUT2D eigenvalue weighted by Gasteiger charge is 2.28. The number of halogens is 2. The highest BCUT2D eigenvalue weighted by Crippen LogP contribution is 2.33. The molecule has 7 heteroatoms. The van der Waals surface area contributed by atoms with Crippen molar-refractivity contribution in [1.82, 2.24) is 9.88 Å². The number of carbonyl (C=O) groups is 1. The van der Waals surface area contributed by atoms with Gasteiger partial charge in [-0.15, -0.1) is 0 Å². The molecule has 2 N–H and O–H groups in total. The Hall–Kier alpha value is -2.34. The fourth-order valence-corrected chi connectivity index (χ4v) is 4.87. The number of nitrogens with one attached hydrogen (secondary N) is 2. The minimum Gasteiger partial charge on any atom is -0.356 e. The number of hydrogen-bond acceptors (Lipinski definition) is 3. The molecule has 1 fully saturated rings. The van der Waals surface area contributed by atoms with Crippen molar-refractivity contribution < 1.29 is 4.79 Å². The number of aryl methyl sites for hydroxylation is 2. The summed E-state index contributed by atoms with van der Waals surface area (Å²) in [6.07, 6.45) is 1.94. The molecule has 2 aromatic carbocycles. The maximum atomic E-state index is 12.6. The van der Waals surface area contributed by atoms with Crippen molar-refractivity contribution in [2.75, 3.05) is 5.32 Å². The number of rotatable bonds is 4. The third-order valence-corrected chi connectivity index (χ3v) is 6.54. The highest BCUT2D eigenvalue weighted by atomic mass is 35.5. The molecule has 4 nitrogen and oxygen atoms in total. The lowest BCUT2D eigenvalue weighted by atomic mass is 10.2. The molecule has 0 radical (unpaired) electrons. The van der Waals surface area contributed by atoms with Crippen molar-refractivity contribution in [2.45, 2.75) is 26.3 Å². The van der Waals surface area contributed by atoms with Crippen molar-refractivity contribution in [2.24, 2.45) is 0 Å². The monoisotopic (exact) mass is 457 g/mol. The van der Waals surface area contributed by atoms with Gasteiger partial charge in [-0.2, -0.15) is 0 Å². The average Bonchev–Trinajstić information content (AvgIpc) is 3.17. The topological polar surface area (TPSA) is 46.1 Å². The molecule has 154 valence electrons. The van der Waals surface area contributed by atoms with Gasteiger partial charge in [-0.05, 0) is 74.4 Å². The predicted molar refractivity (Wildman–Crippen MR) is 128 cm³/mol. The highest BCUT2D eigenvalue weighted by molar-refractivity contribution is 8.05. The second-order valence-electron chi connectivity index (χ2n) is 7.23. The van der Waals surface area contributed by atoms with Gasteiger partial charge in [0.15, 0.2) is 5.50 Å². The average molecular weight is 458 g/mol. The van der Waals surface area contributed by atoms with Gasteiger partial charge in [0.2, 0.25) is 0 Å². The molecular weight excluding hydrogens is 437 g/mol. The van der Waals surface area contributed by atoms with Crippen molar-refractivity contribution in [1.29, 1.82) is 0 Å². The summed E-state index contributed by atoms with van der Waals surface area (Å²) in [5.74, 6) is -0.0928. The van der Waals surface area contributed by atoms with Gasteiger partial charge in [-0.3, -0.25) is 4.79 Å². The van der Waals surface area contributed by atoms with Gasteiger partial charge in [0.1, 0.15) is 0 Å². The zero-order valence-electron chi connectivity index (χ0n) is 16.8. The molecule has 1 aromatic heterocycles. The molecule has 0 spiro atoms. The van der Waals surface area contributed by atoms with Gasteiger partial charge in [0.25, 0.3) is 5.91 Å². The van der Waals surface area contributed by atoms with Crippen molar-refractivity contribution >= 4 is 52.6 Å². The molecule has 0 bridgehead atoms. The van der Waals surface area contributed by atoms with Crippen LogP contribution < -0.4 is 10.6 Å². The molecule has 2 heterocycles. The van der Waals surface area contributed by atoms with E-state index in [0.717, 1.165) is 33.9 Å². The third kappa shape index (κ3) is 4.24. The van der Waals surface area contributed by atoms with E-state index in [1.165, 1.54) is 11.8 Å². The first-order valence-corrected chi connectivity index (χ1v) is 11.1. The van der Waals surface area contributed by atoms with Crippen molar-refractivity contribution in [3.63, 3.8) is 0 Å². The van der Waals surface area contributed by atoms with E-state index in [-0.39, 0.29) is 11.4 Å². The number of thioether (sulfide) groups is 1. The third-order valence-electron chi connectivity index (χ3n) is 5.04. The van der Waals surface area contributed by atoms with Gasteiger partial charge in [-0.1, -0.05) is 47.1 Å². The Labute approximate surface area is 190 Å². The lowest BCUT2D eigenvalue weighted by molar-refractivity contribution is -0.116. The van der Waals surface area contributed by atoms with Gasteiger partial charge >= 0.3 is 0 Å². The molecule has 0 aliphatic carbocycles. The van der Waals surface area contributed by atoms with E-state index in [2.05, 4.69) is 21.3 Å². The van der Waals surface area contributed by atoms with Crippen LogP contribution in [0, 0.1) is 20.8 Å². The molecule has 1 aliphatic heterocycles. The SMILES string of the molecule is Cc1ccc(Cl)cc1NC1NC(=O)/C(=C/c2cc(C)n(-c3cccc(Cl)c3)c2C)S1. The van der Waals surface area contributed by atoms with Gasteiger partial charge in [0, 0.05) is 32.8 Å². The Kier molecular flexibility index (Phi) is 5.87. The molecule has 1 aliphatic rings. The summed E-state index contributed by atoms with van der Waals surface area (Å²) in [5, 5.41) is 7.67. The zero-order valence-corrected chi connectivity index (χ0v) is 19.1. The molecule has 30 heavy (non-hydrogen) atoms. The van der Waals surface area contributed by atoms with Crippen LogP contribution in [0.1, 0.15) is 22.5 Å². The second-order valence-corrected chi connectivity index (χ2v) is 9.25. The maximum Gasteiger partial charge on any atom is 0.260 e. The Morgan fingerprint density at radius 3 is 2.60 bits per heavy atom. The zero-order chi connectivity index (χ0) is 21.4. The minimum absolute atomic E-state index is 0.0928. The van der Waals surface area contributed by atoms with Crippen LogP contribution in [-0.4, -0.2) is 16.0 Å². The summed E-state index contributed by atoms with van der Waals surface area (Å²) < 4.78 is 2.14. The summed E-state index contributed by atoms with van der Waals surface area (Å²) in [6.45, 7) is 6.09. The van der Waals surface area contributed by atoms with E-state index in [0.29, 0.717) is 15.0 Å². The molecule has 4 rings (SSSR count). The number of amides is 1. The van der Waals surface area contributed by atoms with E-state index in [1.807, 2.05) is 69.3 Å². The Morgan fingerprint density at radius 2 is 1.83 bits per heavy atom. The fourth-order valence-electron chi connectivity index (χ4n) is 3.54. The van der Waals surface area contributed by atoms with Crippen molar-refractivity contribution in [3.8, 4) is 5.69 Å². The molecule has 0 saturated carbocycles. The van der Waals surface area contributed by atoms with Crippen LogP contribution in [0.15, 0.2) is 53.4 Å². The Balaban J connectivity index is 1.59. The lowest BCUT2D eigenvalue weighted by Gasteiger charge is -2.15. The van der Waals surface area contributed by atoms with Crippen LogP contribution in [-0.2, 0) is 4.79 Å². The maximum absolute atomic E-state index is 12.6. The Bertz CT molecular complexity index is 1170. The van der Waals surface area contributed by atoms with Gasteiger partial charge < -0.3 is 15.2 Å². The lowest BCUT2D eigenvalue weighted by Crippen LogP contribution is -2.31. The number of anilines is 1.